The van der Waals surface area contributed by atoms with E-state index in [1.54, 1.807) is 24.3 Å². The number of carbonyl (C=O) groups excluding carboxylic acids is 2. The Balaban J connectivity index is 2.35. The van der Waals surface area contributed by atoms with Gasteiger partial charge in [0.2, 0.25) is 0 Å². The van der Waals surface area contributed by atoms with Crippen molar-refractivity contribution >= 4 is 11.9 Å². The van der Waals surface area contributed by atoms with E-state index in [9.17, 15) is 9.59 Å². The second-order valence-corrected chi connectivity index (χ2v) is 6.35. The molecule has 1 aromatic carbocycles. The van der Waals surface area contributed by atoms with E-state index >= 15 is 0 Å². The Morgan fingerprint density at radius 2 is 1.12 bits per heavy atom. The van der Waals surface area contributed by atoms with Gasteiger partial charge >= 0.3 is 11.9 Å². The third-order valence-corrected chi connectivity index (χ3v) is 4.27. The molecule has 0 aliphatic carbocycles. The predicted molar refractivity (Wildman–Crippen MR) is 103 cm³/mol. The van der Waals surface area contributed by atoms with Crippen LogP contribution < -0.4 is 0 Å². The summed E-state index contributed by atoms with van der Waals surface area (Å²) in [5, 5.41) is 0. The van der Waals surface area contributed by atoms with E-state index in [0.29, 0.717) is 24.3 Å². The molecule has 6 nitrogen and oxygen atoms in total. The van der Waals surface area contributed by atoms with Gasteiger partial charge in [0.1, 0.15) is 0 Å². The van der Waals surface area contributed by atoms with E-state index in [1.165, 1.54) is 0 Å². The van der Waals surface area contributed by atoms with Crippen molar-refractivity contribution in [3.63, 3.8) is 0 Å². The van der Waals surface area contributed by atoms with Crippen molar-refractivity contribution in [1.82, 2.24) is 9.80 Å². The molecule has 6 heteroatoms. The zero-order chi connectivity index (χ0) is 19.4. The van der Waals surface area contributed by atoms with Crippen LogP contribution in [0.2, 0.25) is 0 Å². The van der Waals surface area contributed by atoms with Crippen molar-refractivity contribution < 1.29 is 19.1 Å². The van der Waals surface area contributed by atoms with Gasteiger partial charge in [-0.3, -0.25) is 0 Å². The minimum atomic E-state index is -0.369. The van der Waals surface area contributed by atoms with E-state index in [1.807, 2.05) is 14.1 Å². The predicted octanol–water partition coefficient (Wildman–Crippen LogP) is 2.68. The van der Waals surface area contributed by atoms with Crippen molar-refractivity contribution in [3.05, 3.63) is 35.4 Å². The summed E-state index contributed by atoms with van der Waals surface area (Å²) >= 11 is 0. The van der Waals surface area contributed by atoms with Gasteiger partial charge in [0.25, 0.3) is 0 Å². The molecule has 146 valence electrons. The molecule has 0 saturated carbocycles. The van der Waals surface area contributed by atoms with Crippen LogP contribution in [0.15, 0.2) is 24.3 Å². The summed E-state index contributed by atoms with van der Waals surface area (Å²) in [6.07, 6.45) is 1.60. The Hall–Kier alpha value is -1.92. The van der Waals surface area contributed by atoms with E-state index < -0.39 is 0 Å². The molecule has 0 spiro atoms. The maximum Gasteiger partial charge on any atom is 0.338 e. The Morgan fingerprint density at radius 3 is 1.42 bits per heavy atom. The molecule has 0 bridgehead atoms. The van der Waals surface area contributed by atoms with Crippen LogP contribution in [-0.2, 0) is 9.47 Å². The standard InChI is InChI=1S/C20H32N2O4/c1-5-21(3)13-7-15-25-19(23)17-9-11-18(12-10-17)20(24)26-16-8-14-22(4)6-2/h9-12H,5-8,13-16H2,1-4H3. The van der Waals surface area contributed by atoms with Crippen molar-refractivity contribution in [3.8, 4) is 0 Å². The van der Waals surface area contributed by atoms with Gasteiger partial charge in [-0.25, -0.2) is 9.59 Å². The number of ether oxygens (including phenoxy) is 2. The monoisotopic (exact) mass is 364 g/mol. The number of rotatable bonds is 12. The first-order chi connectivity index (χ1) is 12.5. The molecule has 0 amide bonds. The van der Waals surface area contributed by atoms with Crippen LogP contribution in [0.1, 0.15) is 47.4 Å². The van der Waals surface area contributed by atoms with Crippen LogP contribution in [0, 0.1) is 0 Å². The van der Waals surface area contributed by atoms with Gasteiger partial charge in [-0.15, -0.1) is 0 Å². The fourth-order valence-electron chi connectivity index (χ4n) is 2.22. The molecule has 1 aromatic rings. The number of hydrogen-bond donors (Lipinski definition) is 0. The zero-order valence-corrected chi connectivity index (χ0v) is 16.5. The maximum atomic E-state index is 12.0. The summed E-state index contributed by atoms with van der Waals surface area (Å²) in [4.78, 5) is 28.3. The van der Waals surface area contributed by atoms with Crippen LogP contribution in [-0.4, -0.2) is 75.2 Å². The SMILES string of the molecule is CCN(C)CCCOC(=O)c1ccc(C(=O)OCCCN(C)CC)cc1. The minimum absolute atomic E-state index is 0.369. The minimum Gasteiger partial charge on any atom is -0.462 e. The molecule has 0 aliphatic rings. The summed E-state index contributed by atoms with van der Waals surface area (Å²) in [6, 6.07) is 6.40. The lowest BCUT2D eigenvalue weighted by molar-refractivity contribution is 0.0477. The third-order valence-electron chi connectivity index (χ3n) is 4.27. The molecule has 0 radical (unpaired) electrons. The summed E-state index contributed by atoms with van der Waals surface area (Å²) in [7, 11) is 4.06. The average Bonchev–Trinajstić information content (AvgIpc) is 2.67. The fraction of sp³-hybridized carbons (Fsp3) is 0.600. The highest BCUT2D eigenvalue weighted by Crippen LogP contribution is 2.08. The van der Waals surface area contributed by atoms with Gasteiger partial charge in [-0.2, -0.15) is 0 Å². The topological polar surface area (TPSA) is 59.1 Å². The lowest BCUT2D eigenvalue weighted by atomic mass is 10.1. The molecule has 0 unspecified atom stereocenters. The van der Waals surface area contributed by atoms with Gasteiger partial charge in [0.05, 0.1) is 24.3 Å². The lowest BCUT2D eigenvalue weighted by Gasteiger charge is -2.13. The zero-order valence-electron chi connectivity index (χ0n) is 16.5. The molecule has 0 N–H and O–H groups in total. The van der Waals surface area contributed by atoms with Crippen molar-refractivity contribution in [2.24, 2.45) is 0 Å². The maximum absolute atomic E-state index is 12.0. The lowest BCUT2D eigenvalue weighted by Crippen LogP contribution is -2.20. The Bertz CT molecular complexity index is 496. The van der Waals surface area contributed by atoms with Crippen LogP contribution >= 0.6 is 0 Å². The second-order valence-electron chi connectivity index (χ2n) is 6.35. The van der Waals surface area contributed by atoms with Crippen molar-refractivity contribution in [2.45, 2.75) is 26.7 Å². The Labute approximate surface area is 157 Å². The van der Waals surface area contributed by atoms with Gasteiger partial charge < -0.3 is 19.3 Å². The summed E-state index contributed by atoms with van der Waals surface area (Å²) in [5.41, 5.74) is 0.880. The molecule has 26 heavy (non-hydrogen) atoms. The first kappa shape index (κ1) is 22.1. The average molecular weight is 364 g/mol. The van der Waals surface area contributed by atoms with Crippen LogP contribution in [0.4, 0.5) is 0 Å². The van der Waals surface area contributed by atoms with Crippen molar-refractivity contribution in [2.75, 3.05) is 53.5 Å². The molecule has 0 aliphatic heterocycles. The Morgan fingerprint density at radius 1 is 0.769 bits per heavy atom. The van der Waals surface area contributed by atoms with E-state index in [0.717, 1.165) is 39.0 Å². The molecule has 0 saturated heterocycles. The van der Waals surface area contributed by atoms with Gasteiger partial charge in [-0.05, 0) is 64.3 Å². The van der Waals surface area contributed by atoms with E-state index in [4.69, 9.17) is 9.47 Å². The largest absolute Gasteiger partial charge is 0.462 e. The highest BCUT2D eigenvalue weighted by molar-refractivity contribution is 5.93. The smallest absolute Gasteiger partial charge is 0.338 e. The Kier molecular flexibility index (Phi) is 10.6. The number of carbonyl (C=O) groups is 2. The van der Waals surface area contributed by atoms with E-state index in [-0.39, 0.29) is 11.9 Å². The first-order valence-electron chi connectivity index (χ1n) is 9.29. The number of hydrogen-bond acceptors (Lipinski definition) is 6. The fourth-order valence-corrected chi connectivity index (χ4v) is 2.22. The summed E-state index contributed by atoms with van der Waals surface area (Å²) in [6.45, 7) is 8.68. The van der Waals surface area contributed by atoms with Gasteiger partial charge in [0, 0.05) is 13.1 Å². The van der Waals surface area contributed by atoms with E-state index in [2.05, 4.69) is 23.6 Å². The number of benzene rings is 1. The quantitative estimate of drug-likeness (QED) is 0.420. The van der Waals surface area contributed by atoms with Crippen LogP contribution in [0.25, 0.3) is 0 Å². The highest BCUT2D eigenvalue weighted by atomic mass is 16.5. The molecule has 0 atom stereocenters. The molecule has 0 fully saturated rings. The molecule has 0 aromatic heterocycles. The first-order valence-corrected chi connectivity index (χ1v) is 9.29. The summed E-state index contributed by atoms with van der Waals surface area (Å²) < 4.78 is 10.5. The number of nitrogens with zero attached hydrogens (tertiary/aromatic N) is 2. The molecule has 0 heterocycles. The summed E-state index contributed by atoms with van der Waals surface area (Å²) in [5.74, 6) is -0.738. The molecular weight excluding hydrogens is 332 g/mol. The highest BCUT2D eigenvalue weighted by Gasteiger charge is 2.11. The van der Waals surface area contributed by atoms with Crippen LogP contribution in [0.3, 0.4) is 0 Å². The van der Waals surface area contributed by atoms with Gasteiger partial charge in [0.15, 0.2) is 0 Å². The van der Waals surface area contributed by atoms with Gasteiger partial charge in [-0.1, -0.05) is 13.8 Å². The molecular formula is C20H32N2O4. The van der Waals surface area contributed by atoms with Crippen LogP contribution in [0.5, 0.6) is 0 Å². The molecule has 1 rings (SSSR count). The normalized spacial score (nSPS) is 11.0. The van der Waals surface area contributed by atoms with Crippen molar-refractivity contribution in [1.29, 1.82) is 0 Å². The number of esters is 2. The second kappa shape index (κ2) is 12.4. The third kappa shape index (κ3) is 8.45.